The van der Waals surface area contributed by atoms with Crippen molar-refractivity contribution in [3.8, 4) is 0 Å². The van der Waals surface area contributed by atoms with Gasteiger partial charge in [-0.15, -0.1) is 0 Å². The number of halogens is 2. The van der Waals surface area contributed by atoms with Crippen LogP contribution in [0.5, 0.6) is 0 Å². The van der Waals surface area contributed by atoms with Gasteiger partial charge in [-0.25, -0.2) is 4.98 Å². The fourth-order valence-corrected chi connectivity index (χ4v) is 3.28. The van der Waals surface area contributed by atoms with E-state index in [-0.39, 0.29) is 0 Å². The van der Waals surface area contributed by atoms with Gasteiger partial charge in [0.2, 0.25) is 0 Å². The Morgan fingerprint density at radius 2 is 1.85 bits per heavy atom. The SMILES string of the molecule is Brc1nc(N2CCCCC2)sc1Br. The van der Waals surface area contributed by atoms with Crippen LogP contribution < -0.4 is 4.90 Å². The number of anilines is 1. The van der Waals surface area contributed by atoms with Gasteiger partial charge in [0.15, 0.2) is 5.13 Å². The van der Waals surface area contributed by atoms with E-state index in [4.69, 9.17) is 0 Å². The van der Waals surface area contributed by atoms with Crippen LogP contribution >= 0.6 is 43.2 Å². The third-order valence-electron chi connectivity index (χ3n) is 2.16. The van der Waals surface area contributed by atoms with Gasteiger partial charge in [-0.1, -0.05) is 11.3 Å². The molecule has 0 radical (unpaired) electrons. The molecule has 13 heavy (non-hydrogen) atoms. The summed E-state index contributed by atoms with van der Waals surface area (Å²) in [6, 6.07) is 0. The van der Waals surface area contributed by atoms with Crippen molar-refractivity contribution < 1.29 is 0 Å². The number of rotatable bonds is 1. The highest BCUT2D eigenvalue weighted by atomic mass is 79.9. The summed E-state index contributed by atoms with van der Waals surface area (Å²) >= 11 is 8.58. The van der Waals surface area contributed by atoms with Crippen LogP contribution in [0.3, 0.4) is 0 Å². The van der Waals surface area contributed by atoms with Crippen LogP contribution in [0.1, 0.15) is 19.3 Å². The summed E-state index contributed by atoms with van der Waals surface area (Å²) < 4.78 is 2.02. The van der Waals surface area contributed by atoms with E-state index in [1.807, 2.05) is 0 Å². The molecule has 1 fully saturated rings. The first-order chi connectivity index (χ1) is 6.27. The minimum absolute atomic E-state index is 0.929. The minimum atomic E-state index is 0.929. The van der Waals surface area contributed by atoms with E-state index < -0.39 is 0 Å². The maximum atomic E-state index is 4.45. The van der Waals surface area contributed by atoms with E-state index in [9.17, 15) is 0 Å². The summed E-state index contributed by atoms with van der Waals surface area (Å²) in [5, 5.41) is 1.14. The molecule has 2 rings (SSSR count). The average Bonchev–Trinajstić information content (AvgIpc) is 2.49. The Labute approximate surface area is 98.6 Å². The topological polar surface area (TPSA) is 16.1 Å². The van der Waals surface area contributed by atoms with Gasteiger partial charge in [-0.2, -0.15) is 0 Å². The van der Waals surface area contributed by atoms with Crippen LogP contribution in [0.15, 0.2) is 8.39 Å². The summed E-state index contributed by atoms with van der Waals surface area (Å²) in [7, 11) is 0. The molecule has 2 heterocycles. The van der Waals surface area contributed by atoms with Gasteiger partial charge >= 0.3 is 0 Å². The molecule has 0 aliphatic carbocycles. The fourth-order valence-electron chi connectivity index (χ4n) is 1.49. The third kappa shape index (κ3) is 2.25. The molecule has 0 aromatic carbocycles. The summed E-state index contributed by atoms with van der Waals surface area (Å²) in [5.74, 6) is 0. The number of hydrogen-bond donors (Lipinski definition) is 0. The lowest BCUT2D eigenvalue weighted by atomic mass is 10.1. The van der Waals surface area contributed by atoms with Crippen LogP contribution in [0.25, 0.3) is 0 Å². The van der Waals surface area contributed by atoms with Crippen molar-refractivity contribution in [2.45, 2.75) is 19.3 Å². The van der Waals surface area contributed by atoms with Crippen molar-refractivity contribution in [1.29, 1.82) is 0 Å². The van der Waals surface area contributed by atoms with Crippen molar-refractivity contribution in [3.63, 3.8) is 0 Å². The Bertz CT molecular complexity index is 275. The smallest absolute Gasteiger partial charge is 0.187 e. The Kier molecular flexibility index (Phi) is 3.26. The third-order valence-corrected chi connectivity index (χ3v) is 5.30. The lowest BCUT2D eigenvalue weighted by molar-refractivity contribution is 0.577. The van der Waals surface area contributed by atoms with E-state index in [1.54, 1.807) is 11.3 Å². The van der Waals surface area contributed by atoms with Crippen molar-refractivity contribution >= 4 is 48.3 Å². The van der Waals surface area contributed by atoms with E-state index in [0.29, 0.717) is 0 Å². The maximum absolute atomic E-state index is 4.45. The predicted octanol–water partition coefficient (Wildman–Crippen LogP) is 3.66. The number of piperidine rings is 1. The van der Waals surface area contributed by atoms with Crippen molar-refractivity contribution in [3.05, 3.63) is 8.39 Å². The van der Waals surface area contributed by atoms with Gasteiger partial charge in [-0.3, -0.25) is 0 Å². The zero-order chi connectivity index (χ0) is 9.26. The Hall–Kier alpha value is 0.390. The molecule has 0 N–H and O–H groups in total. The van der Waals surface area contributed by atoms with Crippen LogP contribution in [-0.4, -0.2) is 18.1 Å². The molecule has 0 unspecified atom stereocenters. The molecule has 1 aromatic rings. The van der Waals surface area contributed by atoms with E-state index in [1.165, 1.54) is 19.3 Å². The standard InChI is InChI=1S/C8H10Br2N2S/c9-6-7(10)13-8(11-6)12-4-2-1-3-5-12/h1-5H2. The monoisotopic (exact) mass is 324 g/mol. The number of aromatic nitrogens is 1. The lowest BCUT2D eigenvalue weighted by Crippen LogP contribution is -2.29. The molecule has 0 amide bonds. The van der Waals surface area contributed by atoms with Gasteiger partial charge in [0, 0.05) is 13.1 Å². The van der Waals surface area contributed by atoms with E-state index in [2.05, 4.69) is 41.7 Å². The van der Waals surface area contributed by atoms with Crippen LogP contribution in [0.4, 0.5) is 5.13 Å². The maximum Gasteiger partial charge on any atom is 0.187 e. The molecule has 2 nitrogen and oxygen atoms in total. The second-order valence-corrected chi connectivity index (χ2v) is 6.16. The summed E-state index contributed by atoms with van der Waals surface area (Å²) in [5.41, 5.74) is 0. The second kappa shape index (κ2) is 4.28. The van der Waals surface area contributed by atoms with Crippen molar-refractivity contribution in [2.75, 3.05) is 18.0 Å². The Balaban J connectivity index is 2.14. The molecule has 5 heteroatoms. The normalized spacial score (nSPS) is 17.8. The number of nitrogens with zero attached hydrogens (tertiary/aromatic N) is 2. The average molecular weight is 326 g/mol. The minimum Gasteiger partial charge on any atom is -0.348 e. The first kappa shape index (κ1) is 9.93. The quantitative estimate of drug-likeness (QED) is 0.783. The molecule has 1 aliphatic rings. The summed E-state index contributed by atoms with van der Waals surface area (Å²) in [4.78, 5) is 6.81. The Morgan fingerprint density at radius 1 is 1.15 bits per heavy atom. The molecule has 0 saturated carbocycles. The Morgan fingerprint density at radius 3 is 2.38 bits per heavy atom. The van der Waals surface area contributed by atoms with E-state index >= 15 is 0 Å². The predicted molar refractivity (Wildman–Crippen MR) is 63.6 cm³/mol. The van der Waals surface area contributed by atoms with Gasteiger partial charge in [0.25, 0.3) is 0 Å². The molecule has 1 saturated heterocycles. The van der Waals surface area contributed by atoms with Crippen LogP contribution in [0, 0.1) is 0 Å². The molecule has 1 aliphatic heterocycles. The molecule has 72 valence electrons. The molecular weight excluding hydrogens is 316 g/mol. The highest BCUT2D eigenvalue weighted by molar-refractivity contribution is 9.13. The summed E-state index contributed by atoms with van der Waals surface area (Å²) in [6.07, 6.45) is 3.97. The zero-order valence-electron chi connectivity index (χ0n) is 7.09. The van der Waals surface area contributed by atoms with Gasteiger partial charge in [0.1, 0.15) is 8.39 Å². The van der Waals surface area contributed by atoms with E-state index in [0.717, 1.165) is 26.6 Å². The van der Waals surface area contributed by atoms with Crippen molar-refractivity contribution in [2.24, 2.45) is 0 Å². The second-order valence-electron chi connectivity index (χ2n) is 3.11. The van der Waals surface area contributed by atoms with Crippen LogP contribution in [-0.2, 0) is 0 Å². The lowest BCUT2D eigenvalue weighted by Gasteiger charge is -2.25. The molecule has 0 atom stereocenters. The number of hydrogen-bond acceptors (Lipinski definition) is 3. The highest BCUT2D eigenvalue weighted by Crippen LogP contribution is 2.35. The van der Waals surface area contributed by atoms with Gasteiger partial charge in [-0.05, 0) is 51.1 Å². The van der Waals surface area contributed by atoms with Gasteiger partial charge < -0.3 is 4.90 Å². The summed E-state index contributed by atoms with van der Waals surface area (Å²) in [6.45, 7) is 2.32. The van der Waals surface area contributed by atoms with Crippen molar-refractivity contribution in [1.82, 2.24) is 4.98 Å². The first-order valence-electron chi connectivity index (χ1n) is 4.34. The highest BCUT2D eigenvalue weighted by Gasteiger charge is 2.15. The fraction of sp³-hybridized carbons (Fsp3) is 0.625. The zero-order valence-corrected chi connectivity index (χ0v) is 11.1. The molecule has 0 bridgehead atoms. The largest absolute Gasteiger partial charge is 0.348 e. The molecule has 0 spiro atoms. The van der Waals surface area contributed by atoms with Gasteiger partial charge in [0.05, 0.1) is 0 Å². The van der Waals surface area contributed by atoms with Crippen LogP contribution in [0.2, 0.25) is 0 Å². The first-order valence-corrected chi connectivity index (χ1v) is 6.74. The number of thiazole rings is 1. The molecular formula is C8H10Br2N2S. The molecule has 1 aromatic heterocycles.